The Kier molecular flexibility index (Phi) is 4.72. The van der Waals surface area contributed by atoms with Crippen molar-refractivity contribution >= 4 is 28.4 Å². The molecule has 0 saturated carbocycles. The molecule has 0 atom stereocenters. The third-order valence-electron chi connectivity index (χ3n) is 4.20. The number of hydrogen-bond acceptors (Lipinski definition) is 5. The molecule has 0 spiro atoms. The molecular formula is C14H23N5O2S. The summed E-state index contributed by atoms with van der Waals surface area (Å²) in [6.45, 7) is 9.90. The number of primary amides is 1. The van der Waals surface area contributed by atoms with Crippen molar-refractivity contribution in [1.82, 2.24) is 14.8 Å². The predicted molar refractivity (Wildman–Crippen MR) is 87.0 cm³/mol. The van der Waals surface area contributed by atoms with Crippen LogP contribution in [0.4, 0.5) is 9.93 Å². The molecule has 3 N–H and O–H groups in total. The molecule has 2 rings (SSSR count). The van der Waals surface area contributed by atoms with Gasteiger partial charge in [0.05, 0.1) is 11.2 Å². The lowest BCUT2D eigenvalue weighted by molar-refractivity contribution is -0.129. The third-order valence-corrected chi connectivity index (χ3v) is 5.19. The minimum Gasteiger partial charge on any atom is -0.368 e. The van der Waals surface area contributed by atoms with E-state index in [1.165, 1.54) is 11.3 Å². The minimum absolute atomic E-state index is 0.148. The highest BCUT2D eigenvalue weighted by Crippen LogP contribution is 2.22. The van der Waals surface area contributed by atoms with Crippen LogP contribution in [0.2, 0.25) is 0 Å². The highest BCUT2D eigenvalue weighted by atomic mass is 32.1. The summed E-state index contributed by atoms with van der Waals surface area (Å²) in [4.78, 5) is 32.9. The first kappa shape index (κ1) is 16.7. The Morgan fingerprint density at radius 3 is 2.27 bits per heavy atom. The van der Waals surface area contributed by atoms with Gasteiger partial charge in [-0.1, -0.05) is 0 Å². The number of aromatic nitrogens is 1. The van der Waals surface area contributed by atoms with E-state index in [0.29, 0.717) is 31.3 Å². The normalized spacial score (nSPS) is 16.6. The van der Waals surface area contributed by atoms with Gasteiger partial charge in [-0.25, -0.2) is 9.78 Å². The van der Waals surface area contributed by atoms with Crippen LogP contribution >= 0.6 is 11.3 Å². The summed E-state index contributed by atoms with van der Waals surface area (Å²) in [6.07, 6.45) is 0. The van der Waals surface area contributed by atoms with Crippen LogP contribution in [0, 0.1) is 13.8 Å². The Balaban J connectivity index is 1.91. The van der Waals surface area contributed by atoms with Crippen molar-refractivity contribution in [1.29, 1.82) is 0 Å². The van der Waals surface area contributed by atoms with Gasteiger partial charge in [-0.05, 0) is 27.7 Å². The van der Waals surface area contributed by atoms with Crippen LogP contribution in [0.3, 0.4) is 0 Å². The van der Waals surface area contributed by atoms with Gasteiger partial charge in [-0.2, -0.15) is 0 Å². The number of nitrogens with zero attached hydrogens (tertiary/aromatic N) is 3. The molecule has 7 nitrogen and oxygen atoms in total. The molecule has 1 aliphatic rings. The van der Waals surface area contributed by atoms with Crippen LogP contribution in [-0.4, -0.2) is 58.4 Å². The summed E-state index contributed by atoms with van der Waals surface area (Å²) in [7, 11) is 0. The maximum Gasteiger partial charge on any atom is 0.323 e. The van der Waals surface area contributed by atoms with Crippen molar-refractivity contribution in [3.8, 4) is 0 Å². The summed E-state index contributed by atoms with van der Waals surface area (Å²) in [6, 6.07) is -0.148. The molecule has 0 unspecified atom stereocenters. The number of aryl methyl sites for hydroxylation is 2. The topological polar surface area (TPSA) is 91.6 Å². The highest BCUT2D eigenvalue weighted by Gasteiger charge is 2.35. The first-order valence-corrected chi connectivity index (χ1v) is 8.08. The molecule has 0 aromatic carbocycles. The van der Waals surface area contributed by atoms with Gasteiger partial charge < -0.3 is 10.6 Å². The number of hydrogen-bond donors (Lipinski definition) is 2. The molecule has 1 aromatic rings. The highest BCUT2D eigenvalue weighted by molar-refractivity contribution is 7.15. The first-order valence-electron chi connectivity index (χ1n) is 7.26. The summed E-state index contributed by atoms with van der Waals surface area (Å²) < 4.78 is 0. The average molecular weight is 325 g/mol. The van der Waals surface area contributed by atoms with Gasteiger partial charge in [0.1, 0.15) is 0 Å². The summed E-state index contributed by atoms with van der Waals surface area (Å²) in [5, 5.41) is 3.46. The zero-order valence-electron chi connectivity index (χ0n) is 13.5. The number of nitrogens with one attached hydrogen (secondary N) is 1. The zero-order chi connectivity index (χ0) is 16.5. The van der Waals surface area contributed by atoms with E-state index < -0.39 is 5.54 Å². The summed E-state index contributed by atoms with van der Waals surface area (Å²) in [5.74, 6) is -0.348. The van der Waals surface area contributed by atoms with Crippen molar-refractivity contribution in [2.45, 2.75) is 33.2 Å². The maximum absolute atomic E-state index is 12.2. The molecule has 0 bridgehead atoms. The SMILES string of the molecule is Cc1nc(NC(=O)N2CCN(C(C)(C)C(N)=O)CC2)sc1C. The van der Waals surface area contributed by atoms with Crippen LogP contribution in [0.5, 0.6) is 0 Å². The largest absolute Gasteiger partial charge is 0.368 e. The molecule has 22 heavy (non-hydrogen) atoms. The monoisotopic (exact) mass is 325 g/mol. The average Bonchev–Trinajstić information content (AvgIpc) is 2.77. The Labute approximate surface area is 134 Å². The molecule has 8 heteroatoms. The Morgan fingerprint density at radius 2 is 1.82 bits per heavy atom. The second kappa shape index (κ2) is 6.21. The molecule has 122 valence electrons. The van der Waals surface area contributed by atoms with E-state index in [1.807, 2.05) is 32.6 Å². The van der Waals surface area contributed by atoms with Crippen molar-refractivity contribution < 1.29 is 9.59 Å². The summed E-state index contributed by atoms with van der Waals surface area (Å²) >= 11 is 1.47. The van der Waals surface area contributed by atoms with Gasteiger partial charge in [0.2, 0.25) is 5.91 Å². The molecule has 1 aromatic heterocycles. The van der Waals surface area contributed by atoms with Crippen molar-refractivity contribution in [2.24, 2.45) is 5.73 Å². The van der Waals surface area contributed by atoms with Crippen molar-refractivity contribution in [3.05, 3.63) is 10.6 Å². The fourth-order valence-electron chi connectivity index (χ4n) is 2.32. The molecule has 1 fully saturated rings. The number of anilines is 1. The number of urea groups is 1. The second-order valence-electron chi connectivity index (χ2n) is 5.99. The van der Waals surface area contributed by atoms with Crippen LogP contribution in [0.25, 0.3) is 0 Å². The number of rotatable bonds is 3. The molecular weight excluding hydrogens is 302 g/mol. The summed E-state index contributed by atoms with van der Waals surface area (Å²) in [5.41, 5.74) is 5.68. The number of carbonyl (C=O) groups excluding carboxylic acids is 2. The lowest BCUT2D eigenvalue weighted by atomic mass is 10.0. The lowest BCUT2D eigenvalue weighted by Crippen LogP contribution is -2.60. The van der Waals surface area contributed by atoms with E-state index in [0.717, 1.165) is 10.6 Å². The number of nitrogens with two attached hydrogens (primary N) is 1. The molecule has 2 heterocycles. The Morgan fingerprint density at radius 1 is 1.23 bits per heavy atom. The van der Waals surface area contributed by atoms with Crippen LogP contribution in [0.15, 0.2) is 0 Å². The van der Waals surface area contributed by atoms with Gasteiger partial charge in [-0.3, -0.25) is 15.0 Å². The van der Waals surface area contributed by atoms with Crippen molar-refractivity contribution in [2.75, 3.05) is 31.5 Å². The second-order valence-corrected chi connectivity index (χ2v) is 7.19. The lowest BCUT2D eigenvalue weighted by Gasteiger charge is -2.42. The fraction of sp³-hybridized carbons (Fsp3) is 0.643. The van der Waals surface area contributed by atoms with Crippen LogP contribution in [-0.2, 0) is 4.79 Å². The van der Waals surface area contributed by atoms with Gasteiger partial charge in [0.25, 0.3) is 0 Å². The Bertz CT molecular complexity index is 556. The van der Waals surface area contributed by atoms with E-state index in [-0.39, 0.29) is 11.9 Å². The van der Waals surface area contributed by atoms with Crippen LogP contribution in [0.1, 0.15) is 24.4 Å². The molecule has 1 aliphatic heterocycles. The van der Waals surface area contributed by atoms with Crippen molar-refractivity contribution in [3.63, 3.8) is 0 Å². The number of amides is 3. The number of piperazine rings is 1. The maximum atomic E-state index is 12.2. The van der Waals surface area contributed by atoms with Gasteiger partial charge in [0.15, 0.2) is 5.13 Å². The van der Waals surface area contributed by atoms with E-state index in [1.54, 1.807) is 4.90 Å². The standard InChI is InChI=1S/C14H23N5O2S/c1-9-10(2)22-12(16-9)17-13(21)18-5-7-19(8-6-18)14(3,4)11(15)20/h5-8H2,1-4H3,(H2,15,20)(H,16,17,21). The predicted octanol–water partition coefficient (Wildman–Crippen LogP) is 1.17. The zero-order valence-corrected chi connectivity index (χ0v) is 14.3. The van der Waals surface area contributed by atoms with E-state index >= 15 is 0 Å². The molecule has 0 aliphatic carbocycles. The minimum atomic E-state index is -0.688. The molecule has 3 amide bonds. The number of carbonyl (C=O) groups is 2. The van der Waals surface area contributed by atoms with Crippen LogP contribution < -0.4 is 11.1 Å². The molecule has 1 saturated heterocycles. The van der Waals surface area contributed by atoms with E-state index in [9.17, 15) is 9.59 Å². The Hall–Kier alpha value is -1.67. The quantitative estimate of drug-likeness (QED) is 0.873. The first-order chi connectivity index (χ1) is 10.2. The number of thiazole rings is 1. The molecule has 0 radical (unpaired) electrons. The smallest absolute Gasteiger partial charge is 0.323 e. The van der Waals surface area contributed by atoms with Gasteiger partial charge >= 0.3 is 6.03 Å². The van der Waals surface area contributed by atoms with E-state index in [2.05, 4.69) is 10.3 Å². The van der Waals surface area contributed by atoms with E-state index in [4.69, 9.17) is 5.73 Å². The fourth-order valence-corrected chi connectivity index (χ4v) is 3.13. The van der Waals surface area contributed by atoms with Gasteiger partial charge in [-0.15, -0.1) is 11.3 Å². The van der Waals surface area contributed by atoms with Gasteiger partial charge in [0, 0.05) is 31.1 Å². The third kappa shape index (κ3) is 3.38.